The highest BCUT2D eigenvalue weighted by Crippen LogP contribution is 2.22. The smallest absolute Gasteiger partial charge is 0.316 e. The highest BCUT2D eigenvalue weighted by molar-refractivity contribution is 7.99. The maximum Gasteiger partial charge on any atom is 0.316 e. The van der Waals surface area contributed by atoms with Gasteiger partial charge in [-0.1, -0.05) is 30.3 Å². The van der Waals surface area contributed by atoms with Crippen molar-refractivity contribution >= 4 is 11.8 Å². The number of fused-ring (bicyclic) bond motifs is 1. The van der Waals surface area contributed by atoms with Gasteiger partial charge in [-0.2, -0.15) is 0 Å². The molecule has 3 rings (SSSR count). The van der Waals surface area contributed by atoms with Gasteiger partial charge in [0.2, 0.25) is 0 Å². The second-order valence-corrected chi connectivity index (χ2v) is 4.46. The first-order valence-corrected chi connectivity index (χ1v) is 5.73. The molecule has 15 heavy (non-hydrogen) atoms. The molecule has 78 valence electrons. The molecule has 0 radical (unpaired) electrons. The number of nitrogens with zero attached hydrogens (tertiary/aromatic N) is 1. The summed E-state index contributed by atoms with van der Waals surface area (Å²) < 4.78 is 2.28. The number of hydrogen-bond donors (Lipinski definition) is 1. The van der Waals surface area contributed by atoms with Crippen molar-refractivity contribution in [1.82, 2.24) is 4.98 Å². The van der Waals surface area contributed by atoms with Gasteiger partial charge in [-0.15, -0.1) is 0 Å². The highest BCUT2D eigenvalue weighted by Gasteiger charge is 2.22. The van der Waals surface area contributed by atoms with Crippen LogP contribution in [0.15, 0.2) is 41.7 Å². The first-order valence-electron chi connectivity index (χ1n) is 4.74. The van der Waals surface area contributed by atoms with E-state index in [-0.39, 0.29) is 12.4 Å². The molecule has 0 aliphatic carbocycles. The molecule has 0 saturated heterocycles. The fourth-order valence-corrected chi connectivity index (χ4v) is 2.70. The number of hydrogen-bond acceptors (Lipinski definition) is 1. The summed E-state index contributed by atoms with van der Waals surface area (Å²) in [5.41, 5.74) is 2.47. The largest absolute Gasteiger partial charge is 1.00 e. The van der Waals surface area contributed by atoms with Crippen LogP contribution < -0.4 is 17.0 Å². The predicted molar refractivity (Wildman–Crippen MR) is 57.1 cm³/mol. The van der Waals surface area contributed by atoms with Crippen molar-refractivity contribution in [1.29, 1.82) is 0 Å². The zero-order valence-corrected chi connectivity index (χ0v) is 9.68. The Hall–Kier alpha value is -0.930. The Bertz CT molecular complexity index is 431. The lowest BCUT2D eigenvalue weighted by Crippen LogP contribution is -3.00. The Labute approximate surface area is 99.1 Å². The zero-order valence-electron chi connectivity index (χ0n) is 8.11. The van der Waals surface area contributed by atoms with Crippen molar-refractivity contribution in [2.45, 2.75) is 11.7 Å². The Kier molecular flexibility index (Phi) is 3.03. The van der Waals surface area contributed by atoms with Crippen LogP contribution in [0.1, 0.15) is 0 Å². The van der Waals surface area contributed by atoms with E-state index < -0.39 is 0 Å². The van der Waals surface area contributed by atoms with Crippen molar-refractivity contribution in [3.05, 3.63) is 36.5 Å². The SMILES string of the molecule is [Cl-].c1ccc(-c2c[n+]3c([nH]2)SCC3)cc1. The minimum Gasteiger partial charge on any atom is -1.00 e. The Morgan fingerprint density at radius 3 is 2.73 bits per heavy atom. The molecule has 2 aromatic rings. The summed E-state index contributed by atoms with van der Waals surface area (Å²) in [6.45, 7) is 1.13. The molecule has 0 fully saturated rings. The number of aromatic nitrogens is 2. The third kappa shape index (κ3) is 1.90. The van der Waals surface area contributed by atoms with Crippen LogP contribution in [0, 0.1) is 0 Å². The molecule has 1 aliphatic rings. The number of halogens is 1. The normalized spacial score (nSPS) is 13.3. The third-order valence-electron chi connectivity index (χ3n) is 2.44. The van der Waals surface area contributed by atoms with E-state index in [1.165, 1.54) is 22.2 Å². The van der Waals surface area contributed by atoms with Crippen molar-refractivity contribution in [2.24, 2.45) is 0 Å². The van der Waals surface area contributed by atoms with Crippen LogP contribution in [0.2, 0.25) is 0 Å². The van der Waals surface area contributed by atoms with E-state index in [4.69, 9.17) is 0 Å². The monoisotopic (exact) mass is 238 g/mol. The number of thioether (sulfide) groups is 1. The summed E-state index contributed by atoms with van der Waals surface area (Å²) in [7, 11) is 0. The average Bonchev–Trinajstić information content (AvgIpc) is 2.78. The molecule has 0 spiro atoms. The van der Waals surface area contributed by atoms with Crippen molar-refractivity contribution in [3.8, 4) is 11.3 Å². The predicted octanol–water partition coefficient (Wildman–Crippen LogP) is -0.921. The van der Waals surface area contributed by atoms with Crippen LogP contribution in [0.5, 0.6) is 0 Å². The molecule has 2 nitrogen and oxygen atoms in total. The Morgan fingerprint density at radius 2 is 2.00 bits per heavy atom. The van der Waals surface area contributed by atoms with Gasteiger partial charge in [0.05, 0.1) is 0 Å². The first kappa shape index (κ1) is 10.6. The summed E-state index contributed by atoms with van der Waals surface area (Å²) >= 11 is 1.89. The molecule has 0 atom stereocenters. The molecule has 1 aliphatic heterocycles. The quantitative estimate of drug-likeness (QED) is 0.637. The van der Waals surface area contributed by atoms with Gasteiger partial charge in [0.25, 0.3) is 0 Å². The number of benzene rings is 1. The van der Waals surface area contributed by atoms with Gasteiger partial charge in [-0.3, -0.25) is 0 Å². The number of rotatable bonds is 1. The van der Waals surface area contributed by atoms with Crippen LogP contribution >= 0.6 is 11.8 Å². The lowest BCUT2D eigenvalue weighted by Gasteiger charge is -1.90. The number of aromatic amines is 1. The van der Waals surface area contributed by atoms with Crippen molar-refractivity contribution in [2.75, 3.05) is 5.75 Å². The van der Waals surface area contributed by atoms with Crippen molar-refractivity contribution in [3.63, 3.8) is 0 Å². The number of nitrogens with one attached hydrogen (secondary N) is 1. The van der Waals surface area contributed by atoms with Crippen LogP contribution in [-0.2, 0) is 6.54 Å². The van der Waals surface area contributed by atoms with E-state index in [9.17, 15) is 0 Å². The molecule has 4 heteroatoms. The van der Waals surface area contributed by atoms with Gasteiger partial charge in [0, 0.05) is 11.3 Å². The van der Waals surface area contributed by atoms with Gasteiger partial charge >= 0.3 is 5.16 Å². The van der Waals surface area contributed by atoms with Crippen LogP contribution in [-0.4, -0.2) is 10.7 Å². The molecule has 1 aromatic heterocycles. The van der Waals surface area contributed by atoms with Gasteiger partial charge in [-0.05, 0) is 11.8 Å². The molecule has 0 saturated carbocycles. The second-order valence-electron chi connectivity index (χ2n) is 3.38. The molecule has 2 heterocycles. The van der Waals surface area contributed by atoms with E-state index in [1.807, 2.05) is 17.8 Å². The minimum absolute atomic E-state index is 0. The molecule has 1 N–H and O–H groups in total. The lowest BCUT2D eigenvalue weighted by molar-refractivity contribution is -0.722. The van der Waals surface area contributed by atoms with E-state index in [0.29, 0.717) is 0 Å². The maximum atomic E-state index is 3.44. The van der Waals surface area contributed by atoms with Crippen LogP contribution in [0.25, 0.3) is 11.3 Å². The Balaban J connectivity index is 0.000000853. The molecule has 0 amide bonds. The van der Waals surface area contributed by atoms with Gasteiger partial charge in [-0.25, -0.2) is 9.55 Å². The van der Waals surface area contributed by atoms with Gasteiger partial charge in [0.15, 0.2) is 5.69 Å². The molecule has 0 unspecified atom stereocenters. The van der Waals surface area contributed by atoms with E-state index in [1.54, 1.807) is 0 Å². The fraction of sp³-hybridized carbons (Fsp3) is 0.182. The summed E-state index contributed by atoms with van der Waals surface area (Å²) in [5.74, 6) is 1.20. The van der Waals surface area contributed by atoms with Crippen LogP contribution in [0.4, 0.5) is 0 Å². The average molecular weight is 239 g/mol. The van der Waals surface area contributed by atoms with Gasteiger partial charge in [0.1, 0.15) is 12.7 Å². The second kappa shape index (κ2) is 4.29. The van der Waals surface area contributed by atoms with Crippen LogP contribution in [0.3, 0.4) is 0 Å². The van der Waals surface area contributed by atoms with E-state index in [2.05, 4.69) is 40.0 Å². The summed E-state index contributed by atoms with van der Waals surface area (Å²) in [6.07, 6.45) is 2.20. The van der Waals surface area contributed by atoms with Gasteiger partial charge < -0.3 is 12.4 Å². The zero-order chi connectivity index (χ0) is 9.38. The Morgan fingerprint density at radius 1 is 1.20 bits per heavy atom. The summed E-state index contributed by atoms with van der Waals surface area (Å²) in [6, 6.07) is 10.4. The number of H-pyrrole nitrogens is 1. The topological polar surface area (TPSA) is 19.7 Å². The number of imidazole rings is 1. The fourth-order valence-electron chi connectivity index (χ4n) is 1.72. The maximum absolute atomic E-state index is 3.44. The molecular formula is C11H11ClN2S. The van der Waals surface area contributed by atoms with E-state index in [0.717, 1.165) is 6.54 Å². The number of aryl methyl sites for hydroxylation is 1. The standard InChI is InChI=1S/C11H10N2S.ClH/c1-2-4-9(5-3-1)10-8-13-6-7-14-11(13)12-10;/h1-5,8H,6-7H2;1H. The van der Waals surface area contributed by atoms with E-state index >= 15 is 0 Å². The van der Waals surface area contributed by atoms with Crippen molar-refractivity contribution < 1.29 is 17.0 Å². The summed E-state index contributed by atoms with van der Waals surface area (Å²) in [4.78, 5) is 3.44. The third-order valence-corrected chi connectivity index (χ3v) is 3.44. The lowest BCUT2D eigenvalue weighted by atomic mass is 10.2. The minimum atomic E-state index is 0. The summed E-state index contributed by atoms with van der Waals surface area (Å²) in [5, 5.41) is 1.28. The molecule has 1 aromatic carbocycles. The first-order chi connectivity index (χ1) is 6.93. The molecule has 0 bridgehead atoms. The highest BCUT2D eigenvalue weighted by atomic mass is 35.5. The molecular weight excluding hydrogens is 228 g/mol.